The quantitative estimate of drug-likeness (QED) is 0.553. The van der Waals surface area contributed by atoms with Crippen molar-refractivity contribution in [1.82, 2.24) is 0 Å². The summed E-state index contributed by atoms with van der Waals surface area (Å²) in [6.07, 6.45) is 8.87. The lowest BCUT2D eigenvalue weighted by Gasteiger charge is -2.05. The zero-order valence-electron chi connectivity index (χ0n) is 12.9. The van der Waals surface area contributed by atoms with Gasteiger partial charge in [0.2, 0.25) is 0 Å². The number of hydrogen-bond acceptors (Lipinski definition) is 0. The maximum Gasteiger partial charge on any atom is -0.0184 e. The lowest BCUT2D eigenvalue weighted by atomic mass is 10.0. The van der Waals surface area contributed by atoms with Crippen molar-refractivity contribution in [2.45, 2.75) is 0 Å². The van der Waals surface area contributed by atoms with Crippen LogP contribution in [0.5, 0.6) is 0 Å². The molecule has 0 N–H and O–H groups in total. The van der Waals surface area contributed by atoms with E-state index >= 15 is 0 Å². The zero-order valence-corrected chi connectivity index (χ0v) is 12.9. The van der Waals surface area contributed by atoms with E-state index in [0.29, 0.717) is 0 Å². The Balaban J connectivity index is 0.000000541. The summed E-state index contributed by atoms with van der Waals surface area (Å²) in [5, 5.41) is 0. The van der Waals surface area contributed by atoms with Gasteiger partial charge in [0.05, 0.1) is 0 Å². The van der Waals surface area contributed by atoms with Crippen LogP contribution in [0.1, 0.15) is 5.56 Å². The van der Waals surface area contributed by atoms with E-state index in [-0.39, 0.29) is 0 Å². The summed E-state index contributed by atoms with van der Waals surface area (Å²) in [5.41, 5.74) is 4.70. The summed E-state index contributed by atoms with van der Waals surface area (Å²) < 4.78 is 0. The van der Waals surface area contributed by atoms with E-state index in [1.807, 2.05) is 18.2 Å². The molecule has 2 aromatic rings. The van der Waals surface area contributed by atoms with Crippen molar-refractivity contribution in [2.24, 2.45) is 0 Å². The average molecular weight is 286 g/mol. The van der Waals surface area contributed by atoms with Crippen LogP contribution in [0, 0.1) is 0 Å². The Kier molecular flexibility index (Phi) is 7.78. The second kappa shape index (κ2) is 9.95. The highest BCUT2D eigenvalue weighted by atomic mass is 14.0. The molecule has 0 aliphatic rings. The van der Waals surface area contributed by atoms with Gasteiger partial charge in [-0.15, -0.1) is 0 Å². The minimum atomic E-state index is 1.09. The third-order valence-corrected chi connectivity index (χ3v) is 3.01. The third kappa shape index (κ3) is 5.26. The fraction of sp³-hybridized carbons (Fsp3) is 0. The highest BCUT2D eigenvalue weighted by molar-refractivity contribution is 5.76. The van der Waals surface area contributed by atoms with Gasteiger partial charge in [-0.2, -0.15) is 0 Å². The van der Waals surface area contributed by atoms with E-state index in [1.54, 1.807) is 18.2 Å². The highest BCUT2D eigenvalue weighted by Crippen LogP contribution is 2.22. The Bertz CT molecular complexity index is 634. The SMILES string of the molecule is C=C/C=C(\C=C)c1ccc(-c2ccccc2)cc1.C=CC=C. The van der Waals surface area contributed by atoms with Crippen LogP contribution in [0.2, 0.25) is 0 Å². The fourth-order valence-corrected chi connectivity index (χ4v) is 1.89. The molecule has 0 spiro atoms. The molecule has 0 amide bonds. The highest BCUT2D eigenvalue weighted by Gasteiger charge is 1.99. The minimum absolute atomic E-state index is 1.09. The normalized spacial score (nSPS) is 9.91. The van der Waals surface area contributed by atoms with Crippen molar-refractivity contribution in [2.75, 3.05) is 0 Å². The predicted molar refractivity (Wildman–Crippen MR) is 101 cm³/mol. The van der Waals surface area contributed by atoms with Crippen molar-refractivity contribution in [3.05, 3.63) is 117 Å². The van der Waals surface area contributed by atoms with Crippen LogP contribution in [-0.4, -0.2) is 0 Å². The molecule has 0 heteroatoms. The van der Waals surface area contributed by atoms with Crippen LogP contribution < -0.4 is 0 Å². The van der Waals surface area contributed by atoms with Crippen molar-refractivity contribution < 1.29 is 0 Å². The first-order chi connectivity index (χ1) is 10.8. The fourth-order valence-electron chi connectivity index (χ4n) is 1.89. The van der Waals surface area contributed by atoms with Crippen molar-refractivity contribution in [1.29, 1.82) is 0 Å². The monoisotopic (exact) mass is 286 g/mol. The second-order valence-electron chi connectivity index (χ2n) is 4.48. The molecule has 110 valence electrons. The largest absolute Gasteiger partial charge is 0.0991 e. The summed E-state index contributed by atoms with van der Waals surface area (Å²) in [7, 11) is 0. The molecule has 0 saturated heterocycles. The van der Waals surface area contributed by atoms with E-state index in [9.17, 15) is 0 Å². The Morgan fingerprint density at radius 2 is 1.18 bits per heavy atom. The molecule has 22 heavy (non-hydrogen) atoms. The van der Waals surface area contributed by atoms with Crippen LogP contribution in [0.4, 0.5) is 0 Å². The Hall–Kier alpha value is -2.86. The molecule has 0 aliphatic heterocycles. The Labute approximate surface area is 134 Å². The summed E-state index contributed by atoms with van der Waals surface area (Å²) >= 11 is 0. The van der Waals surface area contributed by atoms with E-state index in [4.69, 9.17) is 0 Å². The standard InChI is InChI=1S/C18H16.C4H6/c1-3-8-15(4-2)17-11-13-18(14-12-17)16-9-6-5-7-10-16;1-3-4-2/h3-14H,1-2H2;3-4H,1-2H2/b15-8+;. The molecule has 0 saturated carbocycles. The van der Waals surface area contributed by atoms with Crippen LogP contribution in [0.25, 0.3) is 16.7 Å². The van der Waals surface area contributed by atoms with E-state index < -0.39 is 0 Å². The number of benzene rings is 2. The molecule has 0 heterocycles. The molecule has 0 atom stereocenters. The third-order valence-electron chi connectivity index (χ3n) is 3.01. The van der Waals surface area contributed by atoms with Crippen molar-refractivity contribution in [3.8, 4) is 11.1 Å². The maximum absolute atomic E-state index is 3.82. The van der Waals surface area contributed by atoms with Gasteiger partial charge in [-0.05, 0) is 22.3 Å². The predicted octanol–water partition coefficient (Wildman–Crippen LogP) is 6.47. The second-order valence-corrected chi connectivity index (χ2v) is 4.48. The van der Waals surface area contributed by atoms with Gasteiger partial charge in [-0.3, -0.25) is 0 Å². The molecular formula is C22H22. The molecule has 0 unspecified atom stereocenters. The average Bonchev–Trinajstić information content (AvgIpc) is 2.61. The summed E-state index contributed by atoms with van der Waals surface area (Å²) in [4.78, 5) is 0. The smallest absolute Gasteiger partial charge is 0.0184 e. The number of rotatable bonds is 5. The molecule has 0 aromatic heterocycles. The first-order valence-corrected chi connectivity index (χ1v) is 7.11. The Morgan fingerprint density at radius 1 is 0.636 bits per heavy atom. The van der Waals surface area contributed by atoms with Gasteiger partial charge in [0, 0.05) is 0 Å². The van der Waals surface area contributed by atoms with Crippen LogP contribution in [0.15, 0.2) is 111 Å². The molecule has 0 fully saturated rings. The number of allylic oxidation sites excluding steroid dienone is 6. The van der Waals surface area contributed by atoms with E-state index in [1.165, 1.54) is 11.1 Å². The van der Waals surface area contributed by atoms with Gasteiger partial charge >= 0.3 is 0 Å². The van der Waals surface area contributed by atoms with Gasteiger partial charge in [-0.1, -0.05) is 111 Å². The zero-order chi connectivity index (χ0) is 16.2. The van der Waals surface area contributed by atoms with Gasteiger partial charge < -0.3 is 0 Å². The molecule has 2 aromatic carbocycles. The molecule has 2 rings (SSSR count). The van der Waals surface area contributed by atoms with Gasteiger partial charge in [0.1, 0.15) is 0 Å². The molecular weight excluding hydrogens is 264 g/mol. The van der Waals surface area contributed by atoms with Gasteiger partial charge in [-0.25, -0.2) is 0 Å². The van der Waals surface area contributed by atoms with Gasteiger partial charge in [0.25, 0.3) is 0 Å². The first kappa shape index (κ1) is 17.2. The lowest BCUT2D eigenvalue weighted by Crippen LogP contribution is -1.82. The lowest BCUT2D eigenvalue weighted by molar-refractivity contribution is 1.58. The van der Waals surface area contributed by atoms with E-state index in [2.05, 4.69) is 74.8 Å². The molecule has 0 bridgehead atoms. The van der Waals surface area contributed by atoms with Crippen LogP contribution >= 0.6 is 0 Å². The van der Waals surface area contributed by atoms with Crippen LogP contribution in [-0.2, 0) is 0 Å². The summed E-state index contributed by atoms with van der Waals surface area (Å²) in [5.74, 6) is 0. The van der Waals surface area contributed by atoms with Crippen molar-refractivity contribution in [3.63, 3.8) is 0 Å². The van der Waals surface area contributed by atoms with Crippen molar-refractivity contribution >= 4 is 5.57 Å². The number of hydrogen-bond donors (Lipinski definition) is 0. The molecule has 0 aliphatic carbocycles. The summed E-state index contributed by atoms with van der Waals surface area (Å²) in [6, 6.07) is 18.8. The maximum atomic E-state index is 3.82. The van der Waals surface area contributed by atoms with Crippen LogP contribution in [0.3, 0.4) is 0 Å². The summed E-state index contributed by atoms with van der Waals surface area (Å²) in [6.45, 7) is 14.3. The topological polar surface area (TPSA) is 0 Å². The minimum Gasteiger partial charge on any atom is -0.0991 e. The molecule has 0 nitrogen and oxygen atoms in total. The molecule has 0 radical (unpaired) electrons. The van der Waals surface area contributed by atoms with Gasteiger partial charge in [0.15, 0.2) is 0 Å². The van der Waals surface area contributed by atoms with E-state index in [0.717, 1.165) is 11.1 Å². The Morgan fingerprint density at radius 3 is 1.64 bits per heavy atom. The first-order valence-electron chi connectivity index (χ1n) is 7.11.